The number of benzene rings is 2. The molecule has 0 unspecified atom stereocenters. The molecule has 28 heavy (non-hydrogen) atoms. The number of aromatic nitrogens is 2. The second-order valence-corrected chi connectivity index (χ2v) is 9.95. The van der Waals surface area contributed by atoms with E-state index in [0.29, 0.717) is 22.6 Å². The Bertz CT molecular complexity index is 1200. The van der Waals surface area contributed by atoms with Crippen molar-refractivity contribution in [1.82, 2.24) is 9.78 Å². The third-order valence-corrected chi connectivity index (χ3v) is 6.68. The molecule has 0 saturated heterocycles. The van der Waals surface area contributed by atoms with Crippen molar-refractivity contribution in [1.29, 1.82) is 0 Å². The van der Waals surface area contributed by atoms with E-state index in [4.69, 9.17) is 0 Å². The summed E-state index contributed by atoms with van der Waals surface area (Å²) in [6.07, 6.45) is 0. The summed E-state index contributed by atoms with van der Waals surface area (Å²) in [5.41, 5.74) is 4.44. The van der Waals surface area contributed by atoms with Crippen molar-refractivity contribution in [2.24, 2.45) is 0 Å². The summed E-state index contributed by atoms with van der Waals surface area (Å²) in [5.74, 6) is -0.133. The third-order valence-electron chi connectivity index (χ3n) is 4.71. The van der Waals surface area contributed by atoms with Gasteiger partial charge in [-0.2, -0.15) is 5.10 Å². The molecule has 0 fully saturated rings. The van der Waals surface area contributed by atoms with E-state index < -0.39 is 9.84 Å². The zero-order chi connectivity index (χ0) is 20.1. The van der Waals surface area contributed by atoms with E-state index in [1.165, 1.54) is 0 Å². The van der Waals surface area contributed by atoms with Crippen molar-refractivity contribution in [3.63, 3.8) is 0 Å². The van der Waals surface area contributed by atoms with Crippen LogP contribution in [0.3, 0.4) is 0 Å². The molecule has 4 rings (SSSR count). The minimum absolute atomic E-state index is 0.110. The normalized spacial score (nSPS) is 14.7. The van der Waals surface area contributed by atoms with Crippen molar-refractivity contribution >= 4 is 37.5 Å². The van der Waals surface area contributed by atoms with E-state index in [9.17, 15) is 13.2 Å². The molecule has 0 aliphatic carbocycles. The lowest BCUT2D eigenvalue weighted by molar-refractivity contribution is 0.102. The van der Waals surface area contributed by atoms with Gasteiger partial charge in [-0.1, -0.05) is 33.6 Å². The van der Waals surface area contributed by atoms with Crippen molar-refractivity contribution < 1.29 is 13.2 Å². The average Bonchev–Trinajstić information content (AvgIpc) is 3.08. The van der Waals surface area contributed by atoms with Gasteiger partial charge in [-0.3, -0.25) is 4.79 Å². The first-order chi connectivity index (χ1) is 13.2. The van der Waals surface area contributed by atoms with Gasteiger partial charge in [0.15, 0.2) is 9.84 Å². The molecular formula is C20H18BrN3O3S. The van der Waals surface area contributed by atoms with E-state index in [-0.39, 0.29) is 17.4 Å². The second kappa shape index (κ2) is 6.86. The smallest absolute Gasteiger partial charge is 0.256 e. The van der Waals surface area contributed by atoms with Crippen LogP contribution in [0.2, 0.25) is 0 Å². The molecule has 0 radical (unpaired) electrons. The Hall–Kier alpha value is -2.45. The number of fused-ring (bicyclic) bond motifs is 1. The molecule has 1 N–H and O–H groups in total. The first-order valence-corrected chi connectivity index (χ1v) is 11.3. The molecule has 0 atom stereocenters. The van der Waals surface area contributed by atoms with Crippen molar-refractivity contribution in [3.8, 4) is 5.69 Å². The number of hydrogen-bond acceptors (Lipinski definition) is 4. The van der Waals surface area contributed by atoms with Gasteiger partial charge in [0.25, 0.3) is 5.91 Å². The van der Waals surface area contributed by atoms with Gasteiger partial charge in [0, 0.05) is 15.6 Å². The highest BCUT2D eigenvalue weighted by Crippen LogP contribution is 2.34. The Labute approximate surface area is 171 Å². The maximum atomic E-state index is 12.8. The molecule has 1 aromatic heterocycles. The fourth-order valence-corrected chi connectivity index (χ4v) is 5.13. The van der Waals surface area contributed by atoms with Crippen LogP contribution in [0.5, 0.6) is 0 Å². The number of halogens is 1. The predicted octanol–water partition coefficient (Wildman–Crippen LogP) is 3.93. The molecule has 0 bridgehead atoms. The van der Waals surface area contributed by atoms with Crippen LogP contribution in [0.25, 0.3) is 5.69 Å². The molecule has 2 heterocycles. The van der Waals surface area contributed by atoms with Crippen molar-refractivity contribution in [3.05, 3.63) is 74.9 Å². The Morgan fingerprint density at radius 3 is 2.50 bits per heavy atom. The summed E-state index contributed by atoms with van der Waals surface area (Å²) in [6.45, 7) is 3.97. The van der Waals surface area contributed by atoms with Crippen molar-refractivity contribution in [2.75, 3.05) is 5.32 Å². The molecule has 144 valence electrons. The summed E-state index contributed by atoms with van der Waals surface area (Å²) in [5, 5.41) is 7.41. The average molecular weight is 460 g/mol. The van der Waals surface area contributed by atoms with Crippen LogP contribution in [0, 0.1) is 13.8 Å². The SMILES string of the molecule is Cc1ccc(-n2nc3c(c2NC(=O)c2ccc(Br)cc2)CS(=O)(=O)C3)c(C)c1. The number of carbonyl (C=O) groups is 1. The quantitative estimate of drug-likeness (QED) is 0.642. The number of hydrogen-bond donors (Lipinski definition) is 1. The minimum Gasteiger partial charge on any atom is -0.306 e. The van der Waals surface area contributed by atoms with Gasteiger partial charge in [0.1, 0.15) is 5.82 Å². The van der Waals surface area contributed by atoms with Crippen LogP contribution < -0.4 is 5.32 Å². The Balaban J connectivity index is 1.80. The standard InChI is InChI=1S/C20H18BrN3O3S/c1-12-3-8-18(13(2)9-12)24-19(16-10-28(26,27)11-17(16)23-24)22-20(25)14-4-6-15(21)7-5-14/h3-9H,10-11H2,1-2H3,(H,22,25). The summed E-state index contributed by atoms with van der Waals surface area (Å²) in [6, 6.07) is 12.9. The van der Waals surface area contributed by atoms with Gasteiger partial charge >= 0.3 is 0 Å². The van der Waals surface area contributed by atoms with Gasteiger partial charge in [-0.05, 0) is 49.7 Å². The molecule has 1 aliphatic rings. The van der Waals surface area contributed by atoms with Gasteiger partial charge in [-0.25, -0.2) is 13.1 Å². The van der Waals surface area contributed by atoms with Crippen LogP contribution in [0.4, 0.5) is 5.82 Å². The number of anilines is 1. The first-order valence-electron chi connectivity index (χ1n) is 8.69. The zero-order valence-electron chi connectivity index (χ0n) is 15.4. The molecule has 3 aromatic rings. The Kier molecular flexibility index (Phi) is 4.63. The largest absolute Gasteiger partial charge is 0.306 e. The number of carbonyl (C=O) groups excluding carboxylic acids is 1. The highest BCUT2D eigenvalue weighted by atomic mass is 79.9. The van der Waals surface area contributed by atoms with Gasteiger partial charge in [-0.15, -0.1) is 0 Å². The summed E-state index contributed by atoms with van der Waals surface area (Å²) >= 11 is 3.35. The van der Waals surface area contributed by atoms with E-state index >= 15 is 0 Å². The number of rotatable bonds is 3. The monoisotopic (exact) mass is 459 g/mol. The molecule has 1 amide bonds. The molecule has 2 aromatic carbocycles. The minimum atomic E-state index is -3.24. The van der Waals surface area contributed by atoms with E-state index in [1.807, 2.05) is 32.0 Å². The van der Waals surface area contributed by atoms with Gasteiger partial charge < -0.3 is 5.32 Å². The van der Waals surface area contributed by atoms with Crippen LogP contribution in [0.1, 0.15) is 32.7 Å². The molecule has 0 saturated carbocycles. The fourth-order valence-electron chi connectivity index (χ4n) is 3.37. The number of aryl methyl sites for hydroxylation is 2. The number of sulfone groups is 1. The van der Waals surface area contributed by atoms with E-state index in [2.05, 4.69) is 26.3 Å². The topological polar surface area (TPSA) is 81.1 Å². The van der Waals surface area contributed by atoms with E-state index in [0.717, 1.165) is 21.3 Å². The van der Waals surface area contributed by atoms with Gasteiger partial charge in [0.05, 0.1) is 22.9 Å². The second-order valence-electron chi connectivity index (χ2n) is 6.97. The van der Waals surface area contributed by atoms with Crippen molar-refractivity contribution in [2.45, 2.75) is 25.4 Å². The Morgan fingerprint density at radius 2 is 1.82 bits per heavy atom. The number of nitrogens with one attached hydrogen (secondary N) is 1. The highest BCUT2D eigenvalue weighted by Gasteiger charge is 2.33. The lowest BCUT2D eigenvalue weighted by Crippen LogP contribution is -2.17. The third kappa shape index (κ3) is 3.49. The van der Waals surface area contributed by atoms with Gasteiger partial charge in [0.2, 0.25) is 0 Å². The predicted molar refractivity (Wildman–Crippen MR) is 111 cm³/mol. The number of amides is 1. The highest BCUT2D eigenvalue weighted by molar-refractivity contribution is 9.10. The van der Waals surface area contributed by atoms with E-state index in [1.54, 1.807) is 28.9 Å². The lowest BCUT2D eigenvalue weighted by Gasteiger charge is -2.13. The lowest BCUT2D eigenvalue weighted by atomic mass is 10.1. The maximum absolute atomic E-state index is 12.8. The molecule has 6 nitrogen and oxygen atoms in total. The Morgan fingerprint density at radius 1 is 1.11 bits per heavy atom. The molecular weight excluding hydrogens is 442 g/mol. The molecule has 8 heteroatoms. The zero-order valence-corrected chi connectivity index (χ0v) is 17.8. The summed E-state index contributed by atoms with van der Waals surface area (Å²) in [4.78, 5) is 12.8. The number of nitrogens with zero attached hydrogens (tertiary/aromatic N) is 2. The van der Waals surface area contributed by atoms with Crippen LogP contribution in [-0.2, 0) is 21.3 Å². The molecule has 1 aliphatic heterocycles. The maximum Gasteiger partial charge on any atom is 0.256 e. The molecule has 0 spiro atoms. The summed E-state index contributed by atoms with van der Waals surface area (Å²) in [7, 11) is -3.24. The van der Waals surface area contributed by atoms with Crippen LogP contribution in [-0.4, -0.2) is 24.1 Å². The first kappa shape index (κ1) is 18.9. The van der Waals surface area contributed by atoms with Crippen LogP contribution >= 0.6 is 15.9 Å². The fraction of sp³-hybridized carbons (Fsp3) is 0.200. The van der Waals surface area contributed by atoms with Crippen LogP contribution in [0.15, 0.2) is 46.9 Å². The summed E-state index contributed by atoms with van der Waals surface area (Å²) < 4.78 is 26.7.